The number of carbonyl (C=O) groups is 2. The van der Waals surface area contributed by atoms with Crippen LogP contribution in [-0.2, 0) is 11.2 Å². The first-order valence-electron chi connectivity index (χ1n) is 9.37. The molecule has 1 amide bonds. The second kappa shape index (κ2) is 7.79. The molecular weight excluding hydrogens is 384 g/mol. The fourth-order valence-electron chi connectivity index (χ4n) is 3.48. The van der Waals surface area contributed by atoms with Crippen molar-refractivity contribution in [1.82, 2.24) is 0 Å². The number of carbonyl (C=O) groups excluding carboxylic acids is 2. The van der Waals surface area contributed by atoms with E-state index in [1.165, 1.54) is 18.2 Å². The molecule has 3 aromatic carbocycles. The van der Waals surface area contributed by atoms with Gasteiger partial charge in [0.1, 0.15) is 11.8 Å². The Labute approximate surface area is 172 Å². The average Bonchev–Trinajstić information content (AvgIpc) is 2.75. The van der Waals surface area contributed by atoms with Crippen molar-refractivity contribution < 1.29 is 19.2 Å². The average molecular weight is 402 g/mol. The predicted molar refractivity (Wildman–Crippen MR) is 111 cm³/mol. The summed E-state index contributed by atoms with van der Waals surface area (Å²) in [5.74, 6) is -0.925. The summed E-state index contributed by atoms with van der Waals surface area (Å²) in [7, 11) is 0. The lowest BCUT2D eigenvalue weighted by Crippen LogP contribution is -2.23. The fourth-order valence-corrected chi connectivity index (χ4v) is 3.48. The van der Waals surface area contributed by atoms with Crippen LogP contribution < -0.4 is 5.32 Å². The number of ether oxygens (including phenoxy) is 1. The summed E-state index contributed by atoms with van der Waals surface area (Å²) in [6.07, 6.45) is 0.0133. The number of fused-ring (bicyclic) bond motifs is 1. The standard InChI is InChI=1S/C23H18N2O5/c1-14-7-10-19(20(11-14)25(28)29)24-22(26)16-8-9-18-17(12-16)13-21(30-23(18)27)15-5-3-2-4-6-15/h2-12,21H,13H2,1H3,(H,24,26)/t21-/m0/s1. The number of anilines is 1. The monoisotopic (exact) mass is 402 g/mol. The van der Waals surface area contributed by atoms with E-state index in [0.29, 0.717) is 23.1 Å². The van der Waals surface area contributed by atoms with E-state index in [4.69, 9.17) is 4.74 Å². The number of nitrogens with zero attached hydrogens (tertiary/aromatic N) is 1. The van der Waals surface area contributed by atoms with Crippen LogP contribution in [0.1, 0.15) is 43.5 Å². The number of aryl methyl sites for hydroxylation is 1. The molecule has 1 N–H and O–H groups in total. The lowest BCUT2D eigenvalue weighted by Gasteiger charge is -2.25. The highest BCUT2D eigenvalue weighted by Gasteiger charge is 2.28. The van der Waals surface area contributed by atoms with E-state index in [9.17, 15) is 19.7 Å². The third-order valence-corrected chi connectivity index (χ3v) is 5.01. The molecule has 0 saturated carbocycles. The van der Waals surface area contributed by atoms with Crippen LogP contribution in [0.3, 0.4) is 0 Å². The van der Waals surface area contributed by atoms with Gasteiger partial charge in [-0.15, -0.1) is 0 Å². The lowest BCUT2D eigenvalue weighted by atomic mass is 9.93. The highest BCUT2D eigenvalue weighted by molar-refractivity contribution is 6.06. The van der Waals surface area contributed by atoms with Gasteiger partial charge in [0, 0.05) is 18.1 Å². The summed E-state index contributed by atoms with van der Waals surface area (Å²) in [4.78, 5) is 35.9. The van der Waals surface area contributed by atoms with E-state index in [-0.39, 0.29) is 11.4 Å². The number of nitro groups is 1. The second-order valence-corrected chi connectivity index (χ2v) is 7.11. The Balaban J connectivity index is 1.61. The Hall–Kier alpha value is -4.00. The van der Waals surface area contributed by atoms with Gasteiger partial charge in [-0.05, 0) is 47.9 Å². The molecule has 0 radical (unpaired) electrons. The molecule has 4 rings (SSSR count). The molecule has 30 heavy (non-hydrogen) atoms. The maximum absolute atomic E-state index is 12.7. The highest BCUT2D eigenvalue weighted by atomic mass is 16.6. The largest absolute Gasteiger partial charge is 0.454 e. The summed E-state index contributed by atoms with van der Waals surface area (Å²) < 4.78 is 5.53. The number of cyclic esters (lactones) is 1. The van der Waals surface area contributed by atoms with Gasteiger partial charge in [0.25, 0.3) is 11.6 Å². The Morgan fingerprint density at radius 3 is 2.60 bits per heavy atom. The minimum Gasteiger partial charge on any atom is -0.454 e. The van der Waals surface area contributed by atoms with E-state index in [1.54, 1.807) is 25.1 Å². The van der Waals surface area contributed by atoms with E-state index in [0.717, 1.165) is 11.1 Å². The summed E-state index contributed by atoms with van der Waals surface area (Å²) in [5, 5.41) is 13.9. The Morgan fingerprint density at radius 2 is 1.87 bits per heavy atom. The molecule has 0 aliphatic carbocycles. The topological polar surface area (TPSA) is 98.5 Å². The number of benzene rings is 3. The van der Waals surface area contributed by atoms with Crippen LogP contribution in [0, 0.1) is 17.0 Å². The third kappa shape index (κ3) is 3.77. The molecule has 1 heterocycles. The van der Waals surface area contributed by atoms with Gasteiger partial charge in [0.05, 0.1) is 10.5 Å². The number of nitro benzene ring substituents is 1. The zero-order valence-electron chi connectivity index (χ0n) is 16.1. The third-order valence-electron chi connectivity index (χ3n) is 5.01. The maximum Gasteiger partial charge on any atom is 0.339 e. The van der Waals surface area contributed by atoms with Crippen molar-refractivity contribution >= 4 is 23.3 Å². The molecule has 0 spiro atoms. The van der Waals surface area contributed by atoms with Crippen molar-refractivity contribution in [1.29, 1.82) is 0 Å². The Kier molecular flexibility index (Phi) is 5.02. The lowest BCUT2D eigenvalue weighted by molar-refractivity contribution is -0.384. The van der Waals surface area contributed by atoms with Gasteiger partial charge in [-0.25, -0.2) is 4.79 Å². The van der Waals surface area contributed by atoms with Crippen LogP contribution in [-0.4, -0.2) is 16.8 Å². The zero-order chi connectivity index (χ0) is 21.3. The smallest absolute Gasteiger partial charge is 0.339 e. The molecule has 1 aliphatic heterocycles. The number of hydrogen-bond acceptors (Lipinski definition) is 5. The van der Waals surface area contributed by atoms with Crippen molar-refractivity contribution in [3.05, 3.63) is 105 Å². The first-order valence-corrected chi connectivity index (χ1v) is 9.37. The number of hydrogen-bond donors (Lipinski definition) is 1. The van der Waals surface area contributed by atoms with Crippen molar-refractivity contribution in [2.75, 3.05) is 5.32 Å². The summed E-state index contributed by atoms with van der Waals surface area (Å²) in [6, 6.07) is 18.7. The summed E-state index contributed by atoms with van der Waals surface area (Å²) in [5.41, 5.74) is 2.97. The molecule has 3 aromatic rings. The van der Waals surface area contributed by atoms with Gasteiger partial charge >= 0.3 is 5.97 Å². The highest BCUT2D eigenvalue weighted by Crippen LogP contribution is 2.31. The van der Waals surface area contributed by atoms with Crippen molar-refractivity contribution in [3.63, 3.8) is 0 Å². The first kappa shape index (κ1) is 19.3. The zero-order valence-corrected chi connectivity index (χ0v) is 16.1. The van der Waals surface area contributed by atoms with Crippen LogP contribution >= 0.6 is 0 Å². The number of amides is 1. The van der Waals surface area contributed by atoms with E-state index in [1.807, 2.05) is 30.3 Å². The SMILES string of the molecule is Cc1ccc(NC(=O)c2ccc3c(c2)C[C@@H](c2ccccc2)OC3=O)c([N+](=O)[O-])c1. The van der Waals surface area contributed by atoms with E-state index < -0.39 is 22.9 Å². The molecule has 0 fully saturated rings. The summed E-state index contributed by atoms with van der Waals surface area (Å²) >= 11 is 0. The van der Waals surface area contributed by atoms with Crippen LogP contribution in [0.15, 0.2) is 66.7 Å². The van der Waals surface area contributed by atoms with Crippen molar-refractivity contribution in [2.24, 2.45) is 0 Å². The van der Waals surface area contributed by atoms with Crippen molar-refractivity contribution in [3.8, 4) is 0 Å². The molecule has 0 aromatic heterocycles. The van der Waals surface area contributed by atoms with Crippen LogP contribution in [0.4, 0.5) is 11.4 Å². The fraction of sp³-hybridized carbons (Fsp3) is 0.130. The Morgan fingerprint density at radius 1 is 1.10 bits per heavy atom. The van der Waals surface area contributed by atoms with Gasteiger partial charge in [0.15, 0.2) is 0 Å². The maximum atomic E-state index is 12.7. The summed E-state index contributed by atoms with van der Waals surface area (Å²) in [6.45, 7) is 1.74. The first-order chi connectivity index (χ1) is 14.4. The normalized spacial score (nSPS) is 15.1. The predicted octanol–water partition coefficient (Wildman–Crippen LogP) is 4.61. The van der Waals surface area contributed by atoms with Crippen LogP contribution in [0.2, 0.25) is 0 Å². The molecule has 1 aliphatic rings. The number of nitrogens with one attached hydrogen (secondary N) is 1. The van der Waals surface area contributed by atoms with E-state index >= 15 is 0 Å². The van der Waals surface area contributed by atoms with E-state index in [2.05, 4.69) is 5.32 Å². The molecule has 7 heteroatoms. The van der Waals surface area contributed by atoms with Gasteiger partial charge in [0.2, 0.25) is 0 Å². The quantitative estimate of drug-likeness (QED) is 0.390. The van der Waals surface area contributed by atoms with Gasteiger partial charge in [-0.1, -0.05) is 36.4 Å². The molecule has 7 nitrogen and oxygen atoms in total. The molecular formula is C23H18N2O5. The van der Waals surface area contributed by atoms with Crippen LogP contribution in [0.25, 0.3) is 0 Å². The second-order valence-electron chi connectivity index (χ2n) is 7.11. The minimum absolute atomic E-state index is 0.120. The Bertz CT molecular complexity index is 1160. The van der Waals surface area contributed by atoms with Crippen molar-refractivity contribution in [2.45, 2.75) is 19.4 Å². The number of rotatable bonds is 4. The molecule has 0 bridgehead atoms. The van der Waals surface area contributed by atoms with Gasteiger partial charge in [-0.3, -0.25) is 14.9 Å². The van der Waals surface area contributed by atoms with Gasteiger partial charge < -0.3 is 10.1 Å². The molecule has 1 atom stereocenters. The number of esters is 1. The van der Waals surface area contributed by atoms with Crippen LogP contribution in [0.5, 0.6) is 0 Å². The minimum atomic E-state index is -0.532. The van der Waals surface area contributed by atoms with Gasteiger partial charge in [-0.2, -0.15) is 0 Å². The molecule has 0 unspecified atom stereocenters. The molecule has 0 saturated heterocycles. The molecule has 150 valence electrons.